The summed E-state index contributed by atoms with van der Waals surface area (Å²) in [7, 11) is 5.74. The summed E-state index contributed by atoms with van der Waals surface area (Å²) in [5, 5.41) is 32.7. The van der Waals surface area contributed by atoms with Crippen molar-refractivity contribution in [1.82, 2.24) is 49.3 Å². The number of ketones is 4. The maximum absolute atomic E-state index is 12.7. The van der Waals surface area contributed by atoms with Crippen molar-refractivity contribution < 1.29 is 42.4 Å². The number of anilines is 1. The highest BCUT2D eigenvalue weighted by atomic mass is 32.2. The summed E-state index contributed by atoms with van der Waals surface area (Å²) in [6.45, 7) is 5.10. The van der Waals surface area contributed by atoms with E-state index in [0.29, 0.717) is 103 Å². The topological polar surface area (TPSA) is 327 Å². The number of hydrogen-bond donors (Lipinski definition) is 2. The van der Waals surface area contributed by atoms with Crippen molar-refractivity contribution in [2.45, 2.75) is 89.5 Å². The van der Waals surface area contributed by atoms with Crippen LogP contribution in [0.3, 0.4) is 0 Å². The molecule has 622 valence electrons. The van der Waals surface area contributed by atoms with Gasteiger partial charge in [0.25, 0.3) is 33.7 Å². The zero-order valence-electron chi connectivity index (χ0n) is 69.0. The Morgan fingerprint density at radius 2 is 0.836 bits per heavy atom. The molecule has 0 saturated heterocycles. The summed E-state index contributed by atoms with van der Waals surface area (Å²) in [6, 6.07) is 74.7. The van der Waals surface area contributed by atoms with Crippen LogP contribution in [0, 0.1) is 0 Å². The maximum Gasteiger partial charge on any atom is 0.276 e. The number of amides is 1. The number of aromatic amines is 1. The molecule has 1 unspecified atom stereocenters. The van der Waals surface area contributed by atoms with Gasteiger partial charge in [-0.2, -0.15) is 25.5 Å². The summed E-state index contributed by atoms with van der Waals surface area (Å²) >= 11 is 0. The number of para-hydroxylation sites is 2. The van der Waals surface area contributed by atoms with E-state index in [0.717, 1.165) is 62.8 Å². The van der Waals surface area contributed by atoms with E-state index in [1.165, 1.54) is 18.7 Å². The summed E-state index contributed by atoms with van der Waals surface area (Å²) in [5.74, 6) is 5.66. The van der Waals surface area contributed by atoms with Crippen LogP contribution in [-0.2, 0) is 108 Å². The fourth-order valence-electron chi connectivity index (χ4n) is 13.7. The van der Waals surface area contributed by atoms with E-state index in [1.54, 1.807) is 127 Å². The largest absolute Gasteiger partial charge is 0.497 e. The number of ether oxygens (including phenoxy) is 3. The minimum atomic E-state index is -2.25. The number of benzene rings is 10. The molecule has 0 aliphatic rings. The van der Waals surface area contributed by atoms with Crippen molar-refractivity contribution in [3.05, 3.63) is 351 Å². The number of aryl methyl sites for hydroxylation is 4. The van der Waals surface area contributed by atoms with Crippen molar-refractivity contribution >= 4 is 104 Å². The Labute approximate surface area is 703 Å². The van der Waals surface area contributed by atoms with Gasteiger partial charge in [-0.3, -0.25) is 52.2 Å². The normalized spacial score (nSPS) is 11.3. The van der Waals surface area contributed by atoms with Crippen molar-refractivity contribution in [2.24, 2.45) is 21.1 Å². The zero-order chi connectivity index (χ0) is 87.0. The Bertz CT molecular complexity index is 6780. The molecule has 0 bridgehead atoms. The fourth-order valence-corrected chi connectivity index (χ4v) is 14.4. The van der Waals surface area contributed by atoms with Crippen LogP contribution in [-0.4, -0.2) is 116 Å². The minimum Gasteiger partial charge on any atom is -0.497 e. The average Bonchev–Trinajstić information content (AvgIpc) is 0.778. The molecule has 1 amide bonds. The molecule has 0 radical (unpaired) electrons. The highest BCUT2D eigenvalue weighted by Gasteiger charge is 2.21. The van der Waals surface area contributed by atoms with Crippen molar-refractivity contribution in [3.8, 4) is 17.2 Å². The van der Waals surface area contributed by atoms with E-state index in [-0.39, 0.29) is 101 Å². The van der Waals surface area contributed by atoms with Crippen LogP contribution in [0.1, 0.15) is 82.2 Å². The van der Waals surface area contributed by atoms with Gasteiger partial charge in [0.2, 0.25) is 0 Å². The molecule has 0 saturated carbocycles. The molecule has 2 N–H and O–H groups in total. The van der Waals surface area contributed by atoms with Crippen LogP contribution < -0.4 is 47.3 Å². The zero-order valence-corrected chi connectivity index (χ0v) is 69.8. The van der Waals surface area contributed by atoms with E-state index in [2.05, 4.69) is 48.7 Å². The van der Waals surface area contributed by atoms with Gasteiger partial charge in [-0.25, -0.2) is 23.8 Å². The molecule has 0 aliphatic heterocycles. The van der Waals surface area contributed by atoms with E-state index in [4.69, 9.17) is 14.2 Å². The molecule has 10 aromatic carbocycles. The highest BCUT2D eigenvalue weighted by Crippen LogP contribution is 2.24. The second-order valence-corrected chi connectivity index (χ2v) is 31.3. The molecule has 26 heteroatoms. The van der Waals surface area contributed by atoms with E-state index >= 15 is 0 Å². The third-order valence-electron chi connectivity index (χ3n) is 19.7. The van der Waals surface area contributed by atoms with Gasteiger partial charge >= 0.3 is 0 Å². The van der Waals surface area contributed by atoms with Crippen molar-refractivity contribution in [3.63, 3.8) is 0 Å². The number of aromatic nitrogens is 10. The highest BCUT2D eigenvalue weighted by molar-refractivity contribution is 7.99. The first-order chi connectivity index (χ1) is 58.8. The predicted molar refractivity (Wildman–Crippen MR) is 478 cm³/mol. The molecule has 5 heterocycles. The second kappa shape index (κ2) is 41.7. The van der Waals surface area contributed by atoms with Crippen LogP contribution in [0.2, 0.25) is 0 Å². The van der Waals surface area contributed by atoms with Gasteiger partial charge in [-0.05, 0) is 130 Å². The lowest BCUT2D eigenvalue weighted by molar-refractivity contribution is -0.118. The maximum atomic E-state index is 12.7. The summed E-state index contributed by atoms with van der Waals surface area (Å²) in [4.78, 5) is 124. The molecular weight excluding hydrogens is 1560 g/mol. The van der Waals surface area contributed by atoms with Gasteiger partial charge in [0.1, 0.15) is 40.4 Å². The van der Waals surface area contributed by atoms with Gasteiger partial charge in [0.15, 0.2) is 5.69 Å². The SMILES string of the molecule is C=S(C)(=O)c1ccc(CC(=O)Cc2n[nH]c(=O)c3ccccc23)cc1.CCCCn1nc(C(=O)Nc2ccccc2)c2ccccc2c1=O.CCOc1ccc(CC(=O)Cc2nn(C)c(=O)c3ccccc23)cc1.COc1cccc(CC(=O)Cc2nn(C)c(=O)c3ccccc23)c1.COc1ccccc1CC(=O)Cc1nn(C)c(=O)c2ccccc12. The minimum absolute atomic E-state index is 0.00990. The predicted octanol–water partition coefficient (Wildman–Crippen LogP) is 12.7. The Hall–Kier alpha value is -14.5. The number of fused-ring (bicyclic) bond motifs is 5. The number of nitrogens with one attached hydrogen (secondary N) is 2. The van der Waals surface area contributed by atoms with Crippen LogP contribution in [0.25, 0.3) is 53.9 Å². The van der Waals surface area contributed by atoms with Crippen molar-refractivity contribution in [1.29, 1.82) is 0 Å². The van der Waals surface area contributed by atoms with Gasteiger partial charge in [-0.15, -0.1) is 0 Å². The average molecular weight is 1660 g/mol. The third kappa shape index (κ3) is 23.1. The van der Waals surface area contributed by atoms with Crippen LogP contribution in [0.15, 0.2) is 278 Å². The number of carbonyl (C=O) groups excluding carboxylic acids is 5. The lowest BCUT2D eigenvalue weighted by atomic mass is 10.0. The Kier molecular flexibility index (Phi) is 30.2. The number of hydrogen-bond acceptors (Lipinski definition) is 19. The summed E-state index contributed by atoms with van der Waals surface area (Å²) in [5.41, 5.74) is 6.02. The molecule has 15 aromatic rings. The first kappa shape index (κ1) is 88.3. The first-order valence-electron chi connectivity index (χ1n) is 39.4. The van der Waals surface area contributed by atoms with Crippen LogP contribution in [0.4, 0.5) is 5.69 Å². The number of rotatable bonds is 26. The Balaban J connectivity index is 0.000000149. The van der Waals surface area contributed by atoms with Gasteiger partial charge < -0.3 is 19.5 Å². The first-order valence-corrected chi connectivity index (χ1v) is 41.6. The number of unbranched alkanes of at least 4 members (excludes halogenated alkanes) is 1. The number of H-pyrrole nitrogens is 1. The van der Waals surface area contributed by atoms with Gasteiger partial charge in [0, 0.05) is 103 Å². The molecule has 1 atom stereocenters. The molecule has 5 aromatic heterocycles. The van der Waals surface area contributed by atoms with Crippen molar-refractivity contribution in [2.75, 3.05) is 32.4 Å². The molecular formula is C96H93N11O14S. The van der Waals surface area contributed by atoms with Gasteiger partial charge in [-0.1, -0.05) is 177 Å². The second-order valence-electron chi connectivity index (χ2n) is 28.9. The monoisotopic (exact) mass is 1660 g/mol. The number of carbonyl (C=O) groups is 5. The molecule has 0 aliphatic carbocycles. The Morgan fingerprint density at radius 1 is 0.418 bits per heavy atom. The summed E-state index contributed by atoms with van der Waals surface area (Å²) in [6.07, 6.45) is 5.21. The molecule has 25 nitrogen and oxygen atoms in total. The van der Waals surface area contributed by atoms with E-state index in [9.17, 15) is 52.2 Å². The number of nitrogens with zero attached hydrogens (tertiary/aromatic N) is 9. The third-order valence-corrected chi connectivity index (χ3v) is 21.0. The van der Waals surface area contributed by atoms with E-state index in [1.807, 2.05) is 171 Å². The molecule has 122 heavy (non-hydrogen) atoms. The lowest BCUT2D eigenvalue weighted by Gasteiger charge is -2.11. The molecule has 0 spiro atoms. The quantitative estimate of drug-likeness (QED) is 0.0476. The fraction of sp³-hybridized carbons (Fsp3) is 0.208. The number of methoxy groups -OCH3 is 2. The molecule has 15 rings (SSSR count). The standard InChI is InChI=1S/C20H20N2O3.C19H19N3O2.C19H18N2O3S.2C19H18N2O3/c1-3-25-16-10-8-14(9-11-16)12-15(23)13-19-17-6-4-5-7-18(17)20(24)22(2)21-19;1-2-3-13-22-19(24)16-12-8-7-11-15(16)17(21-22)18(23)20-14-9-5-4-6-10-14;1-25(2,24)15-9-7-13(8-10-15)11-14(22)12-18-16-5-3-4-6-17(16)19(23)21-20-18;1-21-19(23)16-9-5-4-8-15(16)17(20-21)12-14(22)11-13-7-3-6-10-18(13)24-2;1-21-19(23)17-9-4-3-8-16(17)18(20-21)12-14(22)10-13-6-5-7-15(11-13)24-2/h4-11H,3,12-13H2,1-2H3;4-12H,2-3,13H2,1H3,(H,20,23);3-10H,1,11-12H2,2H3,(H,21,23);3-10H,11-12H2,1-2H3;3-9,11H,10,12H2,1-2H3. The van der Waals surface area contributed by atoms with Crippen LogP contribution in [0.5, 0.6) is 17.2 Å². The Morgan fingerprint density at radius 3 is 1.31 bits per heavy atom. The summed E-state index contributed by atoms with van der Waals surface area (Å²) < 4.78 is 33.0. The van der Waals surface area contributed by atoms with Crippen LogP contribution >= 0.6 is 0 Å². The number of Topliss-reactive ketones (excluding diaryl/α,β-unsaturated/α-hetero) is 4. The smallest absolute Gasteiger partial charge is 0.276 e. The lowest BCUT2D eigenvalue weighted by Crippen LogP contribution is -2.27. The van der Waals surface area contributed by atoms with E-state index < -0.39 is 9.52 Å². The van der Waals surface area contributed by atoms with Gasteiger partial charge in [0.05, 0.1) is 96.2 Å². The molecule has 0 fully saturated rings.